The third-order valence-corrected chi connectivity index (χ3v) is 5.73. The van der Waals surface area contributed by atoms with E-state index < -0.39 is 0 Å². The monoisotopic (exact) mass is 235 g/mol. The largest absolute Gasteiger partial charge is 0.377 e. The molecule has 2 saturated heterocycles. The predicted octanol–water partition coefficient (Wildman–Crippen LogP) is 2.82. The molecule has 0 radical (unpaired) electrons. The molecule has 4 fully saturated rings. The maximum Gasteiger partial charge on any atom is 0.0654 e. The summed E-state index contributed by atoms with van der Waals surface area (Å²) >= 11 is 0. The molecule has 2 spiro atoms. The highest BCUT2D eigenvalue weighted by atomic mass is 16.5. The van der Waals surface area contributed by atoms with Crippen molar-refractivity contribution in [3.05, 3.63) is 0 Å². The number of ether oxygens (including phenoxy) is 1. The first-order chi connectivity index (χ1) is 8.06. The first-order valence-corrected chi connectivity index (χ1v) is 7.42. The Balaban J connectivity index is 1.55. The van der Waals surface area contributed by atoms with Gasteiger partial charge in [-0.15, -0.1) is 0 Å². The molecule has 2 aliphatic carbocycles. The van der Waals surface area contributed by atoms with Gasteiger partial charge in [-0.3, -0.25) is 4.90 Å². The minimum absolute atomic E-state index is 0.387. The molecule has 0 bridgehead atoms. The van der Waals surface area contributed by atoms with Crippen LogP contribution < -0.4 is 0 Å². The lowest BCUT2D eigenvalue weighted by Crippen LogP contribution is -2.43. The second kappa shape index (κ2) is 3.08. The highest BCUT2D eigenvalue weighted by Gasteiger charge is 2.67. The lowest BCUT2D eigenvalue weighted by Gasteiger charge is -2.32. The zero-order valence-corrected chi connectivity index (χ0v) is 11.3. The van der Waals surface area contributed by atoms with Crippen LogP contribution in [-0.2, 0) is 4.74 Å². The Hall–Kier alpha value is -0.0800. The number of hydrogen-bond donors (Lipinski definition) is 0. The van der Waals surface area contributed by atoms with Gasteiger partial charge in [0.25, 0.3) is 0 Å². The molecular weight excluding hydrogens is 210 g/mol. The molecule has 17 heavy (non-hydrogen) atoms. The molecule has 0 aromatic heterocycles. The summed E-state index contributed by atoms with van der Waals surface area (Å²) in [4.78, 5) is 2.83. The van der Waals surface area contributed by atoms with Crippen molar-refractivity contribution in [1.82, 2.24) is 4.90 Å². The molecule has 2 nitrogen and oxygen atoms in total. The van der Waals surface area contributed by atoms with Crippen LogP contribution in [0.3, 0.4) is 0 Å². The maximum absolute atomic E-state index is 6.03. The Bertz CT molecular complexity index is 317. The van der Waals surface area contributed by atoms with Crippen molar-refractivity contribution >= 4 is 0 Å². The van der Waals surface area contributed by atoms with Gasteiger partial charge in [0.05, 0.1) is 12.7 Å². The molecule has 0 N–H and O–H groups in total. The van der Waals surface area contributed by atoms with Crippen LogP contribution in [0.25, 0.3) is 0 Å². The molecule has 2 heteroatoms. The van der Waals surface area contributed by atoms with Crippen molar-refractivity contribution in [2.75, 3.05) is 19.7 Å². The Morgan fingerprint density at radius 1 is 1.00 bits per heavy atom. The highest BCUT2D eigenvalue weighted by Crippen LogP contribution is 2.67. The Kier molecular flexibility index (Phi) is 1.96. The quantitative estimate of drug-likeness (QED) is 0.746. The van der Waals surface area contributed by atoms with E-state index in [0.717, 1.165) is 17.4 Å². The maximum atomic E-state index is 6.03. The zero-order valence-electron chi connectivity index (χ0n) is 11.3. The van der Waals surface area contributed by atoms with E-state index in [1.54, 1.807) is 0 Å². The molecule has 0 amide bonds. The average molecular weight is 235 g/mol. The van der Waals surface area contributed by atoms with Crippen LogP contribution in [0.2, 0.25) is 0 Å². The molecule has 2 heterocycles. The van der Waals surface area contributed by atoms with E-state index in [-0.39, 0.29) is 0 Å². The van der Waals surface area contributed by atoms with Crippen LogP contribution in [0.5, 0.6) is 0 Å². The van der Waals surface area contributed by atoms with E-state index >= 15 is 0 Å². The molecule has 4 rings (SSSR count). The molecule has 0 unspecified atom stereocenters. The molecule has 2 aliphatic heterocycles. The average Bonchev–Trinajstić information content (AvgIpc) is 3.08. The molecule has 0 aromatic carbocycles. The van der Waals surface area contributed by atoms with Crippen LogP contribution in [0.4, 0.5) is 0 Å². The number of fused-ring (bicyclic) bond motifs is 1. The van der Waals surface area contributed by atoms with Gasteiger partial charge in [0, 0.05) is 18.6 Å². The Morgan fingerprint density at radius 3 is 1.94 bits per heavy atom. The molecule has 0 aromatic rings. The van der Waals surface area contributed by atoms with Gasteiger partial charge in [-0.2, -0.15) is 0 Å². The van der Waals surface area contributed by atoms with E-state index in [4.69, 9.17) is 4.74 Å². The summed E-state index contributed by atoms with van der Waals surface area (Å²) in [5, 5.41) is 0. The lowest BCUT2D eigenvalue weighted by molar-refractivity contribution is 0.00244. The second-order valence-corrected chi connectivity index (χ2v) is 7.79. The van der Waals surface area contributed by atoms with Crippen LogP contribution in [0.1, 0.15) is 52.4 Å². The number of rotatable bonds is 3. The fourth-order valence-corrected chi connectivity index (χ4v) is 4.53. The van der Waals surface area contributed by atoms with Gasteiger partial charge in [-0.1, -0.05) is 0 Å². The highest BCUT2D eigenvalue weighted by molar-refractivity contribution is 5.20. The summed E-state index contributed by atoms with van der Waals surface area (Å²) in [5.41, 5.74) is 1.91. The Morgan fingerprint density at radius 2 is 1.53 bits per heavy atom. The van der Waals surface area contributed by atoms with Crippen molar-refractivity contribution in [2.24, 2.45) is 10.8 Å². The third kappa shape index (κ3) is 1.60. The van der Waals surface area contributed by atoms with Crippen LogP contribution in [0.15, 0.2) is 0 Å². The van der Waals surface area contributed by atoms with Crippen LogP contribution >= 0.6 is 0 Å². The lowest BCUT2D eigenvalue weighted by atomic mass is 9.85. The van der Waals surface area contributed by atoms with Crippen molar-refractivity contribution < 1.29 is 4.74 Å². The van der Waals surface area contributed by atoms with Crippen molar-refractivity contribution in [3.63, 3.8) is 0 Å². The van der Waals surface area contributed by atoms with Gasteiger partial charge < -0.3 is 4.74 Å². The first-order valence-electron chi connectivity index (χ1n) is 7.42. The molecule has 96 valence electrons. The zero-order chi connectivity index (χ0) is 11.7. The Labute approximate surface area is 105 Å². The summed E-state index contributed by atoms with van der Waals surface area (Å²) < 4.78 is 6.03. The summed E-state index contributed by atoms with van der Waals surface area (Å²) in [5.74, 6) is 0. The number of hydrogen-bond acceptors (Lipinski definition) is 2. The van der Waals surface area contributed by atoms with Crippen molar-refractivity contribution in [3.8, 4) is 0 Å². The molecule has 2 saturated carbocycles. The first kappa shape index (κ1) is 10.8. The van der Waals surface area contributed by atoms with Gasteiger partial charge in [-0.05, 0) is 63.2 Å². The predicted molar refractivity (Wildman–Crippen MR) is 68.0 cm³/mol. The fraction of sp³-hybridized carbons (Fsp3) is 1.00. The van der Waals surface area contributed by atoms with Gasteiger partial charge in [0.1, 0.15) is 0 Å². The summed E-state index contributed by atoms with van der Waals surface area (Å²) in [6.45, 7) is 8.11. The van der Waals surface area contributed by atoms with E-state index in [1.807, 2.05) is 0 Å². The smallest absolute Gasteiger partial charge is 0.0654 e. The van der Waals surface area contributed by atoms with E-state index in [0.29, 0.717) is 11.6 Å². The second-order valence-electron chi connectivity index (χ2n) is 7.79. The van der Waals surface area contributed by atoms with Gasteiger partial charge in [-0.25, -0.2) is 0 Å². The van der Waals surface area contributed by atoms with Crippen LogP contribution in [-0.4, -0.2) is 36.2 Å². The van der Waals surface area contributed by atoms with Crippen molar-refractivity contribution in [2.45, 2.75) is 64.0 Å². The van der Waals surface area contributed by atoms with Gasteiger partial charge >= 0.3 is 0 Å². The summed E-state index contributed by atoms with van der Waals surface area (Å²) in [7, 11) is 0. The minimum atomic E-state index is 0.387. The number of nitrogens with zero attached hydrogens (tertiary/aromatic N) is 1. The van der Waals surface area contributed by atoms with Crippen LogP contribution in [0, 0.1) is 10.8 Å². The van der Waals surface area contributed by atoms with E-state index in [1.165, 1.54) is 51.6 Å². The topological polar surface area (TPSA) is 12.5 Å². The molecular formula is C15H25NO. The molecule has 0 atom stereocenters. The standard InChI is InChI=1S/C15H25NO/c1-12(2)17-11-15-7-13(3-4-13)9-16(15)10-14(8-15)5-6-14/h12H,3-11H2,1-2H3. The van der Waals surface area contributed by atoms with Gasteiger partial charge in [0.15, 0.2) is 0 Å². The summed E-state index contributed by atoms with van der Waals surface area (Å²) in [6.07, 6.45) is 9.21. The van der Waals surface area contributed by atoms with E-state index in [9.17, 15) is 0 Å². The van der Waals surface area contributed by atoms with Crippen molar-refractivity contribution in [1.29, 1.82) is 0 Å². The summed E-state index contributed by atoms with van der Waals surface area (Å²) in [6, 6.07) is 0. The van der Waals surface area contributed by atoms with Gasteiger partial charge in [0.2, 0.25) is 0 Å². The minimum Gasteiger partial charge on any atom is -0.377 e. The normalized spacial score (nSPS) is 34.8. The fourth-order valence-electron chi connectivity index (χ4n) is 4.53. The third-order valence-electron chi connectivity index (χ3n) is 5.73. The van der Waals surface area contributed by atoms with E-state index in [2.05, 4.69) is 18.7 Å². The molecule has 4 aliphatic rings. The SMILES string of the molecule is CC(C)OCC12CC3(CC3)CN1CC1(CC1)C2.